The van der Waals surface area contributed by atoms with E-state index in [9.17, 15) is 0 Å². The molecule has 1 N–H and O–H groups in total. The van der Waals surface area contributed by atoms with E-state index < -0.39 is 0 Å². The lowest BCUT2D eigenvalue weighted by Crippen LogP contribution is -2.13. The van der Waals surface area contributed by atoms with Crippen LogP contribution in [-0.4, -0.2) is 13.4 Å². The number of benzene rings is 3. The summed E-state index contributed by atoms with van der Waals surface area (Å²) in [6, 6.07) is 18.0. The minimum absolute atomic E-state index is 0.278. The number of aryl methyl sites for hydroxylation is 1. The number of ether oxygens (including phenoxy) is 4. The molecular formula is C25H26ClNO4. The fraction of sp³-hybridized carbons (Fsp3) is 0.280. The summed E-state index contributed by atoms with van der Waals surface area (Å²) in [5.41, 5.74) is 4.38. The lowest BCUT2D eigenvalue weighted by molar-refractivity contribution is 0.174. The highest BCUT2D eigenvalue weighted by atomic mass is 35.5. The Balaban J connectivity index is 1.40. The van der Waals surface area contributed by atoms with Crippen LogP contribution in [0.4, 0.5) is 0 Å². The molecule has 3 aromatic rings. The van der Waals surface area contributed by atoms with E-state index in [4.69, 9.17) is 30.5 Å². The first-order valence-electron chi connectivity index (χ1n) is 10.3. The van der Waals surface area contributed by atoms with Gasteiger partial charge >= 0.3 is 0 Å². The molecule has 0 amide bonds. The summed E-state index contributed by atoms with van der Waals surface area (Å²) in [5, 5.41) is 4.06. The SMILES string of the molecule is CCOc1cc(CNCc2ccc3c(c2)OCO3)c(Cl)cc1OCc1ccc(C)cc1. The summed E-state index contributed by atoms with van der Waals surface area (Å²) in [7, 11) is 0. The zero-order chi connectivity index (χ0) is 21.6. The predicted octanol–water partition coefficient (Wildman–Crippen LogP) is 5.64. The molecule has 1 aliphatic heterocycles. The Morgan fingerprint density at radius 2 is 1.61 bits per heavy atom. The number of fused-ring (bicyclic) bond motifs is 1. The number of hydrogen-bond acceptors (Lipinski definition) is 5. The Bertz CT molecular complexity index is 1040. The van der Waals surface area contributed by atoms with Crippen molar-refractivity contribution >= 4 is 11.6 Å². The maximum atomic E-state index is 6.55. The first-order valence-corrected chi connectivity index (χ1v) is 10.7. The molecule has 6 heteroatoms. The van der Waals surface area contributed by atoms with Gasteiger partial charge < -0.3 is 24.3 Å². The van der Waals surface area contributed by atoms with Gasteiger partial charge in [-0.1, -0.05) is 47.5 Å². The van der Waals surface area contributed by atoms with E-state index in [0.29, 0.717) is 42.8 Å². The van der Waals surface area contributed by atoms with Gasteiger partial charge in [0.15, 0.2) is 23.0 Å². The molecule has 0 aliphatic carbocycles. The van der Waals surface area contributed by atoms with E-state index in [1.165, 1.54) is 5.56 Å². The molecule has 0 fully saturated rings. The second-order valence-electron chi connectivity index (χ2n) is 7.39. The average molecular weight is 440 g/mol. The zero-order valence-corrected chi connectivity index (χ0v) is 18.5. The summed E-state index contributed by atoms with van der Waals surface area (Å²) < 4.78 is 22.6. The van der Waals surface area contributed by atoms with Crippen molar-refractivity contribution in [3.63, 3.8) is 0 Å². The maximum absolute atomic E-state index is 6.55. The van der Waals surface area contributed by atoms with Crippen LogP contribution in [0.15, 0.2) is 54.6 Å². The molecule has 0 atom stereocenters. The molecule has 0 unspecified atom stereocenters. The fourth-order valence-electron chi connectivity index (χ4n) is 3.33. The van der Waals surface area contributed by atoms with Crippen molar-refractivity contribution in [2.24, 2.45) is 0 Å². The summed E-state index contributed by atoms with van der Waals surface area (Å²) in [6.07, 6.45) is 0. The Morgan fingerprint density at radius 1 is 0.871 bits per heavy atom. The molecule has 0 radical (unpaired) electrons. The molecular weight excluding hydrogens is 414 g/mol. The van der Waals surface area contributed by atoms with Gasteiger partial charge in [0.2, 0.25) is 6.79 Å². The number of rotatable bonds is 9. The zero-order valence-electron chi connectivity index (χ0n) is 17.7. The summed E-state index contributed by atoms with van der Waals surface area (Å²) in [5.74, 6) is 2.91. The predicted molar refractivity (Wildman–Crippen MR) is 121 cm³/mol. The molecule has 162 valence electrons. The van der Waals surface area contributed by atoms with Crippen LogP contribution in [0, 0.1) is 6.92 Å². The third-order valence-electron chi connectivity index (χ3n) is 5.01. The van der Waals surface area contributed by atoms with E-state index in [1.54, 1.807) is 0 Å². The smallest absolute Gasteiger partial charge is 0.231 e. The van der Waals surface area contributed by atoms with Crippen LogP contribution in [0.5, 0.6) is 23.0 Å². The molecule has 3 aromatic carbocycles. The van der Waals surface area contributed by atoms with Crippen LogP contribution in [0.25, 0.3) is 0 Å². The lowest BCUT2D eigenvalue weighted by atomic mass is 10.1. The first-order chi connectivity index (χ1) is 15.1. The topological polar surface area (TPSA) is 49.0 Å². The van der Waals surface area contributed by atoms with Crippen LogP contribution in [-0.2, 0) is 19.7 Å². The van der Waals surface area contributed by atoms with E-state index in [0.717, 1.165) is 28.2 Å². The molecule has 0 saturated heterocycles. The molecule has 4 rings (SSSR count). The highest BCUT2D eigenvalue weighted by Gasteiger charge is 2.14. The molecule has 0 spiro atoms. The molecule has 1 aliphatic rings. The quantitative estimate of drug-likeness (QED) is 0.467. The second-order valence-corrected chi connectivity index (χ2v) is 7.80. The van der Waals surface area contributed by atoms with Gasteiger partial charge in [0.25, 0.3) is 0 Å². The third kappa shape index (κ3) is 5.43. The first kappa shape index (κ1) is 21.3. The third-order valence-corrected chi connectivity index (χ3v) is 5.36. The van der Waals surface area contributed by atoms with Crippen LogP contribution < -0.4 is 24.3 Å². The van der Waals surface area contributed by atoms with E-state index in [2.05, 4.69) is 36.5 Å². The van der Waals surface area contributed by atoms with Gasteiger partial charge in [0.1, 0.15) is 6.61 Å². The largest absolute Gasteiger partial charge is 0.490 e. The highest BCUT2D eigenvalue weighted by Crippen LogP contribution is 2.35. The summed E-state index contributed by atoms with van der Waals surface area (Å²) >= 11 is 6.55. The molecule has 1 heterocycles. The van der Waals surface area contributed by atoms with Gasteiger partial charge in [-0.2, -0.15) is 0 Å². The van der Waals surface area contributed by atoms with Crippen molar-refractivity contribution in [3.8, 4) is 23.0 Å². The normalized spacial score (nSPS) is 12.1. The minimum atomic E-state index is 0.278. The lowest BCUT2D eigenvalue weighted by Gasteiger charge is -2.15. The van der Waals surface area contributed by atoms with Gasteiger partial charge in [-0.3, -0.25) is 0 Å². The van der Waals surface area contributed by atoms with E-state index in [-0.39, 0.29) is 6.79 Å². The standard InChI is InChI=1S/C25H26ClNO4/c1-3-28-24-11-20(14-27-13-19-8-9-22-23(10-19)31-16-30-22)21(26)12-25(24)29-15-18-6-4-17(2)5-7-18/h4-12,27H,3,13-16H2,1-2H3. The van der Waals surface area contributed by atoms with Gasteiger partial charge in [-0.05, 0) is 48.7 Å². The monoisotopic (exact) mass is 439 g/mol. The fourth-order valence-corrected chi connectivity index (χ4v) is 3.55. The van der Waals surface area contributed by atoms with Crippen LogP contribution in [0.2, 0.25) is 5.02 Å². The molecule has 0 aromatic heterocycles. The average Bonchev–Trinajstić information content (AvgIpc) is 3.24. The Labute approximate surface area is 187 Å². The maximum Gasteiger partial charge on any atom is 0.231 e. The number of halogens is 1. The van der Waals surface area contributed by atoms with Gasteiger partial charge in [0.05, 0.1) is 6.61 Å². The molecule has 31 heavy (non-hydrogen) atoms. The van der Waals surface area contributed by atoms with E-state index in [1.807, 2.05) is 37.3 Å². The minimum Gasteiger partial charge on any atom is -0.490 e. The number of nitrogens with one attached hydrogen (secondary N) is 1. The Morgan fingerprint density at radius 3 is 2.42 bits per heavy atom. The van der Waals surface area contributed by atoms with E-state index >= 15 is 0 Å². The second kappa shape index (κ2) is 9.94. The van der Waals surface area contributed by atoms with Crippen LogP contribution in [0.3, 0.4) is 0 Å². The van der Waals surface area contributed by atoms with Crippen molar-refractivity contribution < 1.29 is 18.9 Å². The number of hydrogen-bond donors (Lipinski definition) is 1. The van der Waals surface area contributed by atoms with Crippen molar-refractivity contribution in [1.82, 2.24) is 5.32 Å². The molecule has 0 saturated carbocycles. The van der Waals surface area contributed by atoms with Crippen molar-refractivity contribution in [2.75, 3.05) is 13.4 Å². The molecule has 0 bridgehead atoms. The van der Waals surface area contributed by atoms with Crippen LogP contribution in [0.1, 0.15) is 29.2 Å². The van der Waals surface area contributed by atoms with Gasteiger partial charge in [-0.25, -0.2) is 0 Å². The van der Waals surface area contributed by atoms with Crippen molar-refractivity contribution in [1.29, 1.82) is 0 Å². The summed E-state index contributed by atoms with van der Waals surface area (Å²) in [4.78, 5) is 0. The van der Waals surface area contributed by atoms with Crippen molar-refractivity contribution in [3.05, 3.63) is 81.9 Å². The highest BCUT2D eigenvalue weighted by molar-refractivity contribution is 6.31. The van der Waals surface area contributed by atoms with Crippen molar-refractivity contribution in [2.45, 2.75) is 33.5 Å². The Hall–Kier alpha value is -2.89. The Kier molecular flexibility index (Phi) is 6.85. The molecule has 5 nitrogen and oxygen atoms in total. The van der Waals surface area contributed by atoms with Gasteiger partial charge in [-0.15, -0.1) is 0 Å². The summed E-state index contributed by atoms with van der Waals surface area (Å²) in [6.45, 7) is 6.59. The van der Waals surface area contributed by atoms with Crippen LogP contribution >= 0.6 is 11.6 Å². The van der Waals surface area contributed by atoms with Gasteiger partial charge in [0, 0.05) is 24.2 Å².